The molecule has 35 heavy (non-hydrogen) atoms. The standard InChI is InChI=1S/C28H30FNO4S/c1-4-35-14-13-34-28(32)25-17(2)30-23-15-19(18-9-11-20(33-3)12-10-18)16-24(31)27(23)26(25)21-7-5-6-8-22(21)29/h5-12,19,26,30H,4,13-16H2,1-3H3/t19-,26-/m1/s1. The van der Waals surface area contributed by atoms with Crippen LogP contribution in [0.15, 0.2) is 71.1 Å². The number of hydrogen-bond acceptors (Lipinski definition) is 6. The SMILES string of the molecule is CCSCCOC(=O)C1=C(C)NC2=C(C(=O)C[C@H](c3ccc(OC)cc3)C2)[C@@H]1c1ccccc1F. The zero-order chi connectivity index (χ0) is 24.9. The maximum Gasteiger partial charge on any atom is 0.336 e. The highest BCUT2D eigenvalue weighted by Crippen LogP contribution is 2.46. The molecule has 0 aromatic heterocycles. The van der Waals surface area contributed by atoms with Crippen molar-refractivity contribution in [3.63, 3.8) is 0 Å². The van der Waals surface area contributed by atoms with E-state index in [1.165, 1.54) is 6.07 Å². The van der Waals surface area contributed by atoms with Crippen LogP contribution in [-0.4, -0.2) is 37.0 Å². The zero-order valence-corrected chi connectivity index (χ0v) is 21.0. The van der Waals surface area contributed by atoms with Gasteiger partial charge in [0, 0.05) is 34.7 Å². The number of Topliss-reactive ketones (excluding diaryl/α,β-unsaturated/α-hetero) is 1. The minimum absolute atomic E-state index is 0.0201. The van der Waals surface area contributed by atoms with Crippen LogP contribution < -0.4 is 10.1 Å². The van der Waals surface area contributed by atoms with Crippen LogP contribution in [0.5, 0.6) is 5.75 Å². The summed E-state index contributed by atoms with van der Waals surface area (Å²) in [6.07, 6.45) is 0.872. The summed E-state index contributed by atoms with van der Waals surface area (Å²) in [6, 6.07) is 14.1. The number of esters is 1. The highest BCUT2D eigenvalue weighted by Gasteiger charge is 2.42. The summed E-state index contributed by atoms with van der Waals surface area (Å²) in [5.41, 5.74) is 3.44. The number of ether oxygens (including phenoxy) is 2. The molecule has 1 aliphatic heterocycles. The van der Waals surface area contributed by atoms with Crippen molar-refractivity contribution in [1.82, 2.24) is 5.32 Å². The monoisotopic (exact) mass is 495 g/mol. The van der Waals surface area contributed by atoms with Gasteiger partial charge in [-0.15, -0.1) is 0 Å². The number of dihydropyridines is 1. The molecule has 1 N–H and O–H groups in total. The van der Waals surface area contributed by atoms with Gasteiger partial charge in [-0.05, 0) is 48.8 Å². The fraction of sp³-hybridized carbons (Fsp3) is 0.357. The fourth-order valence-electron chi connectivity index (χ4n) is 4.86. The quantitative estimate of drug-likeness (QED) is 0.386. The maximum absolute atomic E-state index is 15.0. The van der Waals surface area contributed by atoms with Crippen molar-refractivity contribution in [3.8, 4) is 5.75 Å². The summed E-state index contributed by atoms with van der Waals surface area (Å²) in [7, 11) is 1.62. The van der Waals surface area contributed by atoms with E-state index in [-0.39, 0.29) is 24.7 Å². The summed E-state index contributed by atoms with van der Waals surface area (Å²) in [4.78, 5) is 26.8. The van der Waals surface area contributed by atoms with Crippen LogP contribution in [0.4, 0.5) is 4.39 Å². The van der Waals surface area contributed by atoms with Crippen LogP contribution in [0.2, 0.25) is 0 Å². The minimum atomic E-state index is -0.803. The van der Waals surface area contributed by atoms with E-state index in [0.717, 1.165) is 22.8 Å². The Bertz CT molecular complexity index is 1170. The van der Waals surface area contributed by atoms with Gasteiger partial charge < -0.3 is 14.8 Å². The van der Waals surface area contributed by atoms with E-state index in [9.17, 15) is 9.59 Å². The van der Waals surface area contributed by atoms with Crippen LogP contribution in [0.25, 0.3) is 0 Å². The number of carbonyl (C=O) groups is 2. The number of halogens is 1. The molecule has 0 saturated heterocycles. The lowest BCUT2D eigenvalue weighted by Crippen LogP contribution is -2.36. The molecule has 0 fully saturated rings. The second-order valence-electron chi connectivity index (χ2n) is 8.64. The molecule has 2 aliphatic rings. The molecular weight excluding hydrogens is 465 g/mol. The Hall–Kier alpha value is -3.06. The van der Waals surface area contributed by atoms with E-state index in [1.54, 1.807) is 44.0 Å². The van der Waals surface area contributed by atoms with E-state index in [4.69, 9.17) is 9.47 Å². The Balaban J connectivity index is 1.70. The van der Waals surface area contributed by atoms with Crippen molar-refractivity contribution in [2.75, 3.05) is 25.2 Å². The van der Waals surface area contributed by atoms with E-state index < -0.39 is 17.7 Å². The van der Waals surface area contributed by atoms with Crippen molar-refractivity contribution < 1.29 is 23.5 Å². The number of methoxy groups -OCH3 is 1. The molecule has 1 heterocycles. The van der Waals surface area contributed by atoms with Crippen LogP contribution in [0.3, 0.4) is 0 Å². The molecular formula is C28H30FNO4S. The molecule has 7 heteroatoms. The summed E-state index contributed by atoms with van der Waals surface area (Å²) in [5.74, 6) is 0.489. The first-order valence-corrected chi connectivity index (χ1v) is 13.0. The second kappa shape index (κ2) is 11.1. The van der Waals surface area contributed by atoms with E-state index in [0.29, 0.717) is 34.6 Å². The predicted octanol–water partition coefficient (Wildman–Crippen LogP) is 5.49. The highest BCUT2D eigenvalue weighted by atomic mass is 32.2. The Kier molecular flexibility index (Phi) is 7.96. The van der Waals surface area contributed by atoms with E-state index in [2.05, 4.69) is 5.32 Å². The number of ketones is 1. The minimum Gasteiger partial charge on any atom is -0.497 e. The normalized spacial score (nSPS) is 19.8. The molecule has 0 spiro atoms. The molecule has 184 valence electrons. The molecule has 2 aromatic rings. The molecule has 0 radical (unpaired) electrons. The van der Waals surface area contributed by atoms with Crippen LogP contribution in [-0.2, 0) is 14.3 Å². The first kappa shape index (κ1) is 25.0. The number of nitrogens with one attached hydrogen (secondary N) is 1. The van der Waals surface area contributed by atoms with Gasteiger partial charge in [-0.2, -0.15) is 11.8 Å². The lowest BCUT2D eigenvalue weighted by Gasteiger charge is -2.36. The van der Waals surface area contributed by atoms with Gasteiger partial charge in [0.05, 0.1) is 18.6 Å². The summed E-state index contributed by atoms with van der Waals surface area (Å²) in [6.45, 7) is 4.09. The molecule has 0 unspecified atom stereocenters. The maximum atomic E-state index is 15.0. The van der Waals surface area contributed by atoms with Gasteiger partial charge in [0.1, 0.15) is 18.2 Å². The Morgan fingerprint density at radius 2 is 1.89 bits per heavy atom. The number of benzene rings is 2. The third-order valence-corrected chi connectivity index (χ3v) is 7.38. The van der Waals surface area contributed by atoms with Crippen molar-refractivity contribution in [2.24, 2.45) is 0 Å². The number of allylic oxidation sites excluding steroid dienone is 3. The summed E-state index contributed by atoms with van der Waals surface area (Å²) < 4.78 is 25.8. The number of rotatable bonds is 8. The average molecular weight is 496 g/mol. The number of hydrogen-bond donors (Lipinski definition) is 1. The Morgan fingerprint density at radius 3 is 2.57 bits per heavy atom. The third kappa shape index (κ3) is 5.30. The second-order valence-corrected chi connectivity index (χ2v) is 10.0. The van der Waals surface area contributed by atoms with Crippen molar-refractivity contribution in [3.05, 3.63) is 88.0 Å². The molecule has 2 aromatic carbocycles. The lowest BCUT2D eigenvalue weighted by atomic mass is 9.71. The van der Waals surface area contributed by atoms with Crippen molar-refractivity contribution >= 4 is 23.5 Å². The smallest absolute Gasteiger partial charge is 0.336 e. The first-order valence-electron chi connectivity index (χ1n) is 11.8. The molecule has 2 atom stereocenters. The Labute approximate surface area is 209 Å². The molecule has 1 aliphatic carbocycles. The van der Waals surface area contributed by atoms with Crippen molar-refractivity contribution in [1.29, 1.82) is 0 Å². The molecule has 0 amide bonds. The van der Waals surface area contributed by atoms with Crippen LogP contribution in [0, 0.1) is 5.82 Å². The molecule has 0 saturated carbocycles. The highest BCUT2D eigenvalue weighted by molar-refractivity contribution is 7.99. The lowest BCUT2D eigenvalue weighted by molar-refractivity contribution is -0.138. The third-order valence-electron chi connectivity index (χ3n) is 6.52. The molecule has 0 bridgehead atoms. The average Bonchev–Trinajstić information content (AvgIpc) is 2.86. The summed E-state index contributed by atoms with van der Waals surface area (Å²) >= 11 is 1.68. The fourth-order valence-corrected chi connectivity index (χ4v) is 5.35. The number of carbonyl (C=O) groups excluding carboxylic acids is 2. The van der Waals surface area contributed by atoms with Gasteiger partial charge in [-0.1, -0.05) is 37.3 Å². The summed E-state index contributed by atoms with van der Waals surface area (Å²) in [5, 5.41) is 3.31. The van der Waals surface area contributed by atoms with Gasteiger partial charge in [0.2, 0.25) is 0 Å². The van der Waals surface area contributed by atoms with Gasteiger partial charge in [0.25, 0.3) is 0 Å². The van der Waals surface area contributed by atoms with Gasteiger partial charge in [0.15, 0.2) is 5.78 Å². The van der Waals surface area contributed by atoms with Crippen molar-refractivity contribution in [2.45, 2.75) is 38.5 Å². The largest absolute Gasteiger partial charge is 0.497 e. The Morgan fingerprint density at radius 1 is 1.14 bits per heavy atom. The van der Waals surface area contributed by atoms with Crippen LogP contribution in [0.1, 0.15) is 49.7 Å². The molecule has 5 nitrogen and oxygen atoms in total. The predicted molar refractivity (Wildman–Crippen MR) is 136 cm³/mol. The zero-order valence-electron chi connectivity index (χ0n) is 20.2. The van der Waals surface area contributed by atoms with Gasteiger partial charge in [-0.25, -0.2) is 9.18 Å². The van der Waals surface area contributed by atoms with Gasteiger partial charge >= 0.3 is 5.97 Å². The molecule has 4 rings (SSSR count). The van der Waals surface area contributed by atoms with E-state index in [1.807, 2.05) is 31.2 Å². The first-order chi connectivity index (χ1) is 16.9. The van der Waals surface area contributed by atoms with Gasteiger partial charge in [-0.3, -0.25) is 4.79 Å². The van der Waals surface area contributed by atoms with Crippen LogP contribution >= 0.6 is 11.8 Å². The topological polar surface area (TPSA) is 64.6 Å². The number of thioether (sulfide) groups is 1. The van der Waals surface area contributed by atoms with E-state index >= 15 is 4.39 Å².